The number of halogens is 3. The second-order valence-corrected chi connectivity index (χ2v) is 8.52. The van der Waals surface area contributed by atoms with Crippen LogP contribution in [0, 0.1) is 5.92 Å². The van der Waals surface area contributed by atoms with Gasteiger partial charge in [-0.05, 0) is 41.9 Å². The van der Waals surface area contributed by atoms with Crippen molar-refractivity contribution in [3.8, 4) is 11.5 Å². The van der Waals surface area contributed by atoms with Crippen molar-refractivity contribution in [3.05, 3.63) is 71.8 Å². The van der Waals surface area contributed by atoms with Crippen LogP contribution in [0.1, 0.15) is 36.8 Å². The molecule has 156 valence electrons. The van der Waals surface area contributed by atoms with E-state index in [2.05, 4.69) is 4.18 Å². The molecule has 8 heteroatoms. The first kappa shape index (κ1) is 21.2. The highest BCUT2D eigenvalue weighted by Gasteiger charge is 2.49. The van der Waals surface area contributed by atoms with E-state index in [0.717, 1.165) is 12.0 Å². The number of hydrogen-bond donors (Lipinski definition) is 0. The lowest BCUT2D eigenvalue weighted by Crippen LogP contribution is -2.28. The lowest BCUT2D eigenvalue weighted by Gasteiger charge is -2.27. The van der Waals surface area contributed by atoms with Gasteiger partial charge in [-0.3, -0.25) is 0 Å². The number of benzene rings is 2. The van der Waals surface area contributed by atoms with Gasteiger partial charge in [-0.25, -0.2) is 0 Å². The van der Waals surface area contributed by atoms with Gasteiger partial charge in [0.25, 0.3) is 0 Å². The highest BCUT2D eigenvalue weighted by molar-refractivity contribution is 7.88. The minimum Gasteiger partial charge on any atom is -0.489 e. The summed E-state index contributed by atoms with van der Waals surface area (Å²) in [6.45, 7) is 2.16. The summed E-state index contributed by atoms with van der Waals surface area (Å²) in [6.07, 6.45) is 5.29. The van der Waals surface area contributed by atoms with E-state index in [1.807, 2.05) is 49.4 Å². The Bertz CT molecular complexity index is 969. The van der Waals surface area contributed by atoms with Crippen molar-refractivity contribution in [2.75, 3.05) is 0 Å². The Morgan fingerprint density at radius 1 is 1.03 bits per heavy atom. The maximum atomic E-state index is 12.9. The van der Waals surface area contributed by atoms with Crippen molar-refractivity contribution in [2.24, 2.45) is 5.92 Å². The predicted octanol–water partition coefficient (Wildman–Crippen LogP) is 5.56. The topological polar surface area (TPSA) is 52.6 Å². The summed E-state index contributed by atoms with van der Waals surface area (Å²) < 4.78 is 72.1. The van der Waals surface area contributed by atoms with Crippen LogP contribution < -0.4 is 8.92 Å². The minimum absolute atomic E-state index is 0.132. The molecule has 1 aliphatic rings. The molecule has 0 amide bonds. The number of ether oxygens (including phenoxy) is 1. The van der Waals surface area contributed by atoms with Gasteiger partial charge in [0.05, 0.1) is 0 Å². The fourth-order valence-corrected chi connectivity index (χ4v) is 3.75. The molecule has 1 aliphatic carbocycles. The van der Waals surface area contributed by atoms with E-state index in [0.29, 0.717) is 12.0 Å². The standard InChI is InChI=1S/C21H21F3O4S/c1-15-7-5-6-10-18(15)19-12-11-17(27-14-16-8-3-2-4-9-16)13-20(19)28-29(25,26)21(22,23)24/h2-6,8-9,11-13,15,18H,7,10,14H2,1H3. The Labute approximate surface area is 168 Å². The molecule has 0 saturated carbocycles. The fourth-order valence-electron chi connectivity index (χ4n) is 3.27. The van der Waals surface area contributed by atoms with Crippen LogP contribution in [0.4, 0.5) is 13.2 Å². The largest absolute Gasteiger partial charge is 0.534 e. The molecule has 0 radical (unpaired) electrons. The van der Waals surface area contributed by atoms with Gasteiger partial charge in [0.15, 0.2) is 0 Å². The summed E-state index contributed by atoms with van der Waals surface area (Å²) in [4.78, 5) is 0. The maximum Gasteiger partial charge on any atom is 0.534 e. The molecule has 4 nitrogen and oxygen atoms in total. The van der Waals surface area contributed by atoms with Crippen molar-refractivity contribution in [1.82, 2.24) is 0 Å². The molecule has 2 aromatic rings. The maximum absolute atomic E-state index is 12.9. The molecule has 0 aliphatic heterocycles. The van der Waals surface area contributed by atoms with Gasteiger partial charge < -0.3 is 8.92 Å². The zero-order valence-corrected chi connectivity index (χ0v) is 16.5. The number of alkyl halides is 3. The Morgan fingerprint density at radius 3 is 2.38 bits per heavy atom. The molecule has 0 saturated heterocycles. The zero-order valence-electron chi connectivity index (χ0n) is 15.7. The average Bonchev–Trinajstić information content (AvgIpc) is 2.67. The van der Waals surface area contributed by atoms with Crippen LogP contribution in [0.25, 0.3) is 0 Å². The van der Waals surface area contributed by atoms with E-state index in [9.17, 15) is 21.6 Å². The van der Waals surface area contributed by atoms with Gasteiger partial charge >= 0.3 is 15.6 Å². The summed E-state index contributed by atoms with van der Waals surface area (Å²) in [5.74, 6) is -0.141. The Balaban J connectivity index is 1.92. The molecule has 0 fully saturated rings. The molecule has 0 bridgehead atoms. The van der Waals surface area contributed by atoms with Crippen molar-refractivity contribution >= 4 is 10.1 Å². The van der Waals surface area contributed by atoms with Crippen molar-refractivity contribution in [1.29, 1.82) is 0 Å². The van der Waals surface area contributed by atoms with Gasteiger partial charge in [-0.15, -0.1) is 0 Å². The van der Waals surface area contributed by atoms with Gasteiger partial charge in [0, 0.05) is 6.07 Å². The fraction of sp³-hybridized carbons (Fsp3) is 0.333. The zero-order chi connectivity index (χ0) is 21.1. The lowest BCUT2D eigenvalue weighted by atomic mass is 9.79. The normalized spacial score (nSPS) is 19.7. The molecular weight excluding hydrogens is 405 g/mol. The Hall–Kier alpha value is -2.48. The van der Waals surface area contributed by atoms with Crippen LogP contribution in [0.15, 0.2) is 60.7 Å². The van der Waals surface area contributed by atoms with Crippen LogP contribution in [0.2, 0.25) is 0 Å². The van der Waals surface area contributed by atoms with Crippen molar-refractivity contribution in [2.45, 2.75) is 37.8 Å². The van der Waals surface area contributed by atoms with Crippen molar-refractivity contribution < 1.29 is 30.5 Å². The molecule has 3 rings (SSSR count). The Morgan fingerprint density at radius 2 is 1.72 bits per heavy atom. The van der Waals surface area contributed by atoms with Crippen LogP contribution in [-0.4, -0.2) is 13.9 Å². The highest BCUT2D eigenvalue weighted by Crippen LogP contribution is 2.42. The van der Waals surface area contributed by atoms with E-state index in [4.69, 9.17) is 4.74 Å². The predicted molar refractivity (Wildman–Crippen MR) is 103 cm³/mol. The van der Waals surface area contributed by atoms with Crippen LogP contribution >= 0.6 is 0 Å². The summed E-state index contributed by atoms with van der Waals surface area (Å²) in [5.41, 5.74) is -4.22. The van der Waals surface area contributed by atoms with Gasteiger partial charge in [-0.2, -0.15) is 21.6 Å². The van der Waals surface area contributed by atoms with E-state index in [1.54, 1.807) is 12.1 Å². The second kappa shape index (κ2) is 8.49. The quantitative estimate of drug-likeness (QED) is 0.345. The third-order valence-electron chi connectivity index (χ3n) is 4.87. The number of rotatable bonds is 6. The smallest absolute Gasteiger partial charge is 0.489 e. The third kappa shape index (κ3) is 5.12. The molecule has 29 heavy (non-hydrogen) atoms. The molecule has 0 N–H and O–H groups in total. The van der Waals surface area contributed by atoms with E-state index < -0.39 is 15.6 Å². The first-order chi connectivity index (χ1) is 13.7. The van der Waals surface area contributed by atoms with Crippen LogP contribution in [0.3, 0.4) is 0 Å². The van der Waals surface area contributed by atoms with Gasteiger partial charge in [0.1, 0.15) is 18.1 Å². The molecular formula is C21H21F3O4S. The summed E-state index contributed by atoms with van der Waals surface area (Å²) >= 11 is 0. The molecule has 2 unspecified atom stereocenters. The van der Waals surface area contributed by atoms with E-state index in [-0.39, 0.29) is 29.9 Å². The van der Waals surface area contributed by atoms with Gasteiger partial charge in [0.2, 0.25) is 0 Å². The van der Waals surface area contributed by atoms with Gasteiger partial charge in [-0.1, -0.05) is 55.5 Å². The number of allylic oxidation sites excluding steroid dienone is 2. The monoisotopic (exact) mass is 426 g/mol. The SMILES string of the molecule is CC1CC=CCC1c1ccc(OCc2ccccc2)cc1OS(=O)(=O)C(F)(F)F. The van der Waals surface area contributed by atoms with Crippen molar-refractivity contribution in [3.63, 3.8) is 0 Å². The number of hydrogen-bond acceptors (Lipinski definition) is 4. The van der Waals surface area contributed by atoms with E-state index >= 15 is 0 Å². The summed E-state index contributed by atoms with van der Waals surface area (Å²) in [7, 11) is -5.79. The van der Waals surface area contributed by atoms with Crippen LogP contribution in [0.5, 0.6) is 11.5 Å². The van der Waals surface area contributed by atoms with E-state index in [1.165, 1.54) is 6.07 Å². The summed E-state index contributed by atoms with van der Waals surface area (Å²) in [6, 6.07) is 13.6. The molecule has 0 heterocycles. The molecule has 0 spiro atoms. The molecule has 0 aromatic heterocycles. The third-order valence-corrected chi connectivity index (χ3v) is 5.83. The lowest BCUT2D eigenvalue weighted by molar-refractivity contribution is -0.0500. The summed E-state index contributed by atoms with van der Waals surface area (Å²) in [5, 5.41) is 0. The first-order valence-electron chi connectivity index (χ1n) is 9.14. The Kier molecular flexibility index (Phi) is 6.21. The van der Waals surface area contributed by atoms with Crippen LogP contribution in [-0.2, 0) is 16.7 Å². The second-order valence-electron chi connectivity index (χ2n) is 6.98. The molecule has 2 atom stereocenters. The minimum atomic E-state index is -5.79. The highest BCUT2D eigenvalue weighted by atomic mass is 32.2. The first-order valence-corrected chi connectivity index (χ1v) is 10.5. The molecule has 2 aromatic carbocycles. The average molecular weight is 426 g/mol.